The maximum absolute atomic E-state index is 12.8. The van der Waals surface area contributed by atoms with Crippen molar-refractivity contribution in [1.82, 2.24) is 0 Å². The molecule has 3 N–H and O–H groups in total. The average molecular weight is 1360 g/mol. The van der Waals surface area contributed by atoms with Gasteiger partial charge in [0.05, 0.1) is 13.2 Å². The van der Waals surface area contributed by atoms with Crippen LogP contribution in [0.2, 0.25) is 0 Å². The van der Waals surface area contributed by atoms with Crippen molar-refractivity contribution in [3.05, 3.63) is 24.3 Å². The summed E-state index contributed by atoms with van der Waals surface area (Å²) in [4.78, 5) is 35.5. The van der Waals surface area contributed by atoms with Crippen LogP contribution in [0.25, 0.3) is 0 Å². The van der Waals surface area contributed by atoms with Gasteiger partial charge in [0, 0.05) is 19.4 Å². The number of nitrogens with two attached hydrogens (primary N) is 1. The van der Waals surface area contributed by atoms with E-state index in [-0.39, 0.29) is 38.6 Å². The van der Waals surface area contributed by atoms with Gasteiger partial charge in [0.2, 0.25) is 0 Å². The summed E-state index contributed by atoms with van der Waals surface area (Å²) in [6, 6.07) is 0. The maximum atomic E-state index is 12.8. The molecule has 0 saturated heterocycles. The monoisotopic (exact) mass is 1360 g/mol. The second kappa shape index (κ2) is 81.5. The fourth-order valence-corrected chi connectivity index (χ4v) is 14.3. The highest BCUT2D eigenvalue weighted by Gasteiger charge is 2.26. The van der Waals surface area contributed by atoms with Gasteiger partial charge in [0.25, 0.3) is 0 Å². The normalized spacial score (nSPS) is 12.8. The van der Waals surface area contributed by atoms with Gasteiger partial charge in [0.1, 0.15) is 6.61 Å². The highest BCUT2D eigenvalue weighted by molar-refractivity contribution is 7.47. The molecule has 0 aromatic rings. The number of rotatable bonds is 83. The number of carbonyl (C=O) groups is 2. The summed E-state index contributed by atoms with van der Waals surface area (Å²) < 4.78 is 33.3. The number of phosphoric acid groups is 1. The largest absolute Gasteiger partial charge is 0.472 e. The lowest BCUT2D eigenvalue weighted by Gasteiger charge is -2.19. The number of esters is 2. The number of allylic oxidation sites excluding steroid dienone is 4. The minimum atomic E-state index is -4.39. The second-order valence-electron chi connectivity index (χ2n) is 29.4. The minimum absolute atomic E-state index is 0.0579. The molecule has 95 heavy (non-hydrogen) atoms. The zero-order valence-electron chi connectivity index (χ0n) is 64.0. The summed E-state index contributed by atoms with van der Waals surface area (Å²) in [5.41, 5.74) is 5.42. The third-order valence-electron chi connectivity index (χ3n) is 19.8. The zero-order valence-corrected chi connectivity index (χ0v) is 64.9. The van der Waals surface area contributed by atoms with E-state index in [1.165, 1.54) is 405 Å². The third-order valence-corrected chi connectivity index (χ3v) is 20.8. The smallest absolute Gasteiger partial charge is 0.462 e. The van der Waals surface area contributed by atoms with Gasteiger partial charge >= 0.3 is 19.8 Å². The van der Waals surface area contributed by atoms with Gasteiger partial charge in [-0.3, -0.25) is 18.6 Å². The van der Waals surface area contributed by atoms with Crippen molar-refractivity contribution in [2.24, 2.45) is 5.73 Å². The second-order valence-corrected chi connectivity index (χ2v) is 30.9. The number of phosphoric ester groups is 1. The lowest BCUT2D eigenvalue weighted by atomic mass is 10.0. The van der Waals surface area contributed by atoms with Crippen LogP contribution in [0, 0.1) is 0 Å². The van der Waals surface area contributed by atoms with E-state index in [1.54, 1.807) is 0 Å². The number of carbonyl (C=O) groups excluding carboxylic acids is 2. The molecular weight excluding hydrogens is 1190 g/mol. The van der Waals surface area contributed by atoms with Crippen molar-refractivity contribution >= 4 is 19.8 Å². The topological polar surface area (TPSA) is 134 Å². The van der Waals surface area contributed by atoms with Crippen LogP contribution >= 0.6 is 7.82 Å². The van der Waals surface area contributed by atoms with E-state index in [0.29, 0.717) is 6.42 Å². The summed E-state index contributed by atoms with van der Waals surface area (Å²) in [5.74, 6) is -0.795. The summed E-state index contributed by atoms with van der Waals surface area (Å²) in [5, 5.41) is 0. The summed E-state index contributed by atoms with van der Waals surface area (Å²) >= 11 is 0. The predicted molar refractivity (Wildman–Crippen MR) is 414 cm³/mol. The molecule has 0 saturated carbocycles. The van der Waals surface area contributed by atoms with Crippen LogP contribution in [0.15, 0.2) is 24.3 Å². The molecule has 564 valence electrons. The van der Waals surface area contributed by atoms with Gasteiger partial charge in [-0.05, 0) is 44.9 Å². The van der Waals surface area contributed by atoms with Crippen molar-refractivity contribution in [3.8, 4) is 0 Å². The first kappa shape index (κ1) is 93.5. The van der Waals surface area contributed by atoms with Crippen molar-refractivity contribution in [2.45, 2.75) is 482 Å². The number of unbranched alkanes of at least 4 members (excludes halogenated alkanes) is 66. The van der Waals surface area contributed by atoms with Crippen molar-refractivity contribution in [1.29, 1.82) is 0 Å². The molecule has 0 rings (SSSR count). The van der Waals surface area contributed by atoms with Crippen LogP contribution in [-0.2, 0) is 32.7 Å². The van der Waals surface area contributed by atoms with E-state index in [9.17, 15) is 19.0 Å². The van der Waals surface area contributed by atoms with Crippen LogP contribution in [0.3, 0.4) is 0 Å². The summed E-state index contributed by atoms with van der Waals surface area (Å²) in [7, 11) is -4.39. The fourth-order valence-electron chi connectivity index (χ4n) is 13.5. The Hall–Kier alpha value is -1.51. The van der Waals surface area contributed by atoms with Crippen molar-refractivity contribution in [3.63, 3.8) is 0 Å². The molecule has 0 heterocycles. The van der Waals surface area contributed by atoms with E-state index < -0.39 is 26.5 Å². The molecule has 0 bridgehead atoms. The standard InChI is InChI=1S/C85H166NO8P/c1-3-5-7-9-11-13-15-17-19-21-23-25-27-29-31-33-35-37-38-39-40-41-42-43-44-46-48-50-52-54-56-58-60-62-64-66-68-70-72-74-76-78-85(88)94-83(82-93-95(89,90)92-80-79-86)81-91-84(87)77-75-73-71-69-67-65-63-61-59-57-55-53-51-49-47-45-36-34-32-30-28-26-24-22-20-18-16-14-12-10-8-6-4-2/h15,17,21,23,83H,3-14,16,18-20,22,24-82,86H2,1-2H3,(H,89,90)/b17-15-,23-21-. The molecule has 0 aromatic carbocycles. The Labute approximate surface area is 592 Å². The van der Waals surface area contributed by atoms with E-state index in [1.807, 2.05) is 0 Å². The minimum Gasteiger partial charge on any atom is -0.462 e. The van der Waals surface area contributed by atoms with E-state index in [0.717, 1.165) is 38.5 Å². The van der Waals surface area contributed by atoms with Gasteiger partial charge < -0.3 is 20.1 Å². The molecular formula is C85H166NO8P. The van der Waals surface area contributed by atoms with Crippen LogP contribution < -0.4 is 5.73 Å². The Kier molecular flexibility index (Phi) is 80.2. The van der Waals surface area contributed by atoms with Crippen molar-refractivity contribution < 1.29 is 37.6 Å². The van der Waals surface area contributed by atoms with Gasteiger partial charge in [-0.25, -0.2) is 4.57 Å². The maximum Gasteiger partial charge on any atom is 0.472 e. The highest BCUT2D eigenvalue weighted by Crippen LogP contribution is 2.43. The molecule has 10 heteroatoms. The Morgan fingerprint density at radius 2 is 0.547 bits per heavy atom. The molecule has 0 aliphatic heterocycles. The molecule has 9 nitrogen and oxygen atoms in total. The van der Waals surface area contributed by atoms with E-state index in [4.69, 9.17) is 24.3 Å². The van der Waals surface area contributed by atoms with Gasteiger partial charge in [0.15, 0.2) is 6.10 Å². The molecule has 0 radical (unpaired) electrons. The lowest BCUT2D eigenvalue weighted by molar-refractivity contribution is -0.161. The van der Waals surface area contributed by atoms with Gasteiger partial charge in [-0.2, -0.15) is 0 Å². The molecule has 0 spiro atoms. The molecule has 2 atom stereocenters. The zero-order chi connectivity index (χ0) is 68.6. The first-order chi connectivity index (χ1) is 46.8. The molecule has 0 aliphatic rings. The van der Waals surface area contributed by atoms with Gasteiger partial charge in [-0.1, -0.05) is 443 Å². The lowest BCUT2D eigenvalue weighted by Crippen LogP contribution is -2.29. The molecule has 0 aliphatic carbocycles. The Bertz CT molecular complexity index is 1610. The number of hydrogen-bond acceptors (Lipinski definition) is 8. The molecule has 0 aromatic heterocycles. The summed E-state index contributed by atoms with van der Waals surface area (Å²) in [6.07, 6.45) is 104. The SMILES string of the molecule is CCCCCCC/C=C\C/C=C\CCCCCCCCCCCCCCCCCCCCCCCCCCCCCCCC(=O)OC(COC(=O)CCCCCCCCCCCCCCCCCCCCCCCCCCCCCCCCCCC)COP(=O)(O)OCCN. The summed E-state index contributed by atoms with van der Waals surface area (Å²) in [6.45, 7) is 3.84. The van der Waals surface area contributed by atoms with E-state index >= 15 is 0 Å². The van der Waals surface area contributed by atoms with Crippen LogP contribution in [-0.4, -0.2) is 49.3 Å². The Morgan fingerprint density at radius 3 is 0.800 bits per heavy atom. The number of ether oxygens (including phenoxy) is 2. The van der Waals surface area contributed by atoms with Crippen molar-refractivity contribution in [2.75, 3.05) is 26.4 Å². The first-order valence-corrected chi connectivity index (χ1v) is 44.3. The Morgan fingerprint density at radius 1 is 0.316 bits per heavy atom. The molecule has 0 amide bonds. The molecule has 2 unspecified atom stereocenters. The molecule has 0 fully saturated rings. The first-order valence-electron chi connectivity index (χ1n) is 42.8. The van der Waals surface area contributed by atoms with Crippen LogP contribution in [0.4, 0.5) is 0 Å². The Balaban J connectivity index is 3.70. The average Bonchev–Trinajstić information content (AvgIpc) is 2.75. The third kappa shape index (κ3) is 81.3. The quantitative estimate of drug-likeness (QED) is 0.0264. The van der Waals surface area contributed by atoms with E-state index in [2.05, 4.69) is 38.2 Å². The van der Waals surface area contributed by atoms with Gasteiger partial charge in [-0.15, -0.1) is 0 Å². The predicted octanol–water partition coefficient (Wildman–Crippen LogP) is 28.8. The van der Waals surface area contributed by atoms with Crippen LogP contribution in [0.5, 0.6) is 0 Å². The van der Waals surface area contributed by atoms with Crippen LogP contribution in [0.1, 0.15) is 476 Å². The fraction of sp³-hybridized carbons (Fsp3) is 0.929. The number of hydrogen-bond donors (Lipinski definition) is 2. The highest BCUT2D eigenvalue weighted by atomic mass is 31.2.